The van der Waals surface area contributed by atoms with Crippen LogP contribution in [0.15, 0.2) is 24.3 Å². The van der Waals surface area contributed by atoms with Crippen LogP contribution in [0.1, 0.15) is 10.4 Å². The Morgan fingerprint density at radius 2 is 1.74 bits per heavy atom. The number of fused-ring (bicyclic) bond motifs is 1. The van der Waals surface area contributed by atoms with Crippen LogP contribution in [0.2, 0.25) is 0 Å². The van der Waals surface area contributed by atoms with Gasteiger partial charge in [-0.3, -0.25) is 14.5 Å². The van der Waals surface area contributed by atoms with Crippen molar-refractivity contribution in [2.75, 3.05) is 70.8 Å². The number of hydrogen-bond donors (Lipinski definition) is 2. The molecule has 0 bridgehead atoms. The van der Waals surface area contributed by atoms with Crippen molar-refractivity contribution < 1.29 is 24.2 Å². The van der Waals surface area contributed by atoms with E-state index in [0.29, 0.717) is 55.1 Å². The largest absolute Gasteiger partial charge is 0.478 e. The van der Waals surface area contributed by atoms with Gasteiger partial charge in [0.25, 0.3) is 0 Å². The smallest absolute Gasteiger partial charge is 0.336 e. The zero-order chi connectivity index (χ0) is 22.5. The molecule has 0 unspecified atom stereocenters. The molecule has 190 valence electrons. The van der Waals surface area contributed by atoms with Crippen LogP contribution in [0, 0.1) is 0 Å². The summed E-state index contributed by atoms with van der Waals surface area (Å²) in [5.74, 6) is -0.753. The van der Waals surface area contributed by atoms with Crippen molar-refractivity contribution in [3.8, 4) is 0 Å². The summed E-state index contributed by atoms with van der Waals surface area (Å²) in [4.78, 5) is 45.9. The average molecular weight is 539 g/mol. The quantitative estimate of drug-likeness (QED) is 0.550. The van der Waals surface area contributed by atoms with Crippen LogP contribution in [0.3, 0.4) is 0 Å². The SMILES string of the molecule is COCC(=O)Nc1ccc2nc(N3CCN(CC(=O)N(C)C)CC3)cc(C(=O)O)c2c1.Cl.Cl.Cl. The molecule has 13 heteroatoms. The number of carbonyl (C=O) groups excluding carboxylic acids is 2. The lowest BCUT2D eigenvalue weighted by Crippen LogP contribution is -2.49. The Bertz CT molecular complexity index is 1000. The number of piperazine rings is 1. The van der Waals surface area contributed by atoms with E-state index in [0.717, 1.165) is 0 Å². The van der Waals surface area contributed by atoms with E-state index in [4.69, 9.17) is 4.74 Å². The van der Waals surface area contributed by atoms with E-state index in [9.17, 15) is 19.5 Å². The number of pyridine rings is 1. The highest BCUT2D eigenvalue weighted by Crippen LogP contribution is 2.26. The monoisotopic (exact) mass is 537 g/mol. The van der Waals surface area contributed by atoms with Crippen molar-refractivity contribution in [2.24, 2.45) is 0 Å². The molecule has 3 rings (SSSR count). The standard InChI is InChI=1S/C21H27N5O5.3ClH/c1-24(2)20(28)12-25-6-8-26(9-7-25)18-11-16(21(29)30)15-10-14(4-5-17(15)23-18)22-19(27)13-31-3;;;/h4-5,10-11H,6-9,12-13H2,1-3H3,(H,22,27)(H,29,30);3*1H. The maximum atomic E-state index is 11.9. The van der Waals surface area contributed by atoms with Crippen LogP contribution < -0.4 is 10.2 Å². The van der Waals surface area contributed by atoms with Gasteiger partial charge in [0.15, 0.2) is 0 Å². The second-order valence-electron chi connectivity index (χ2n) is 7.60. The number of carboxylic acids is 1. The number of aromatic carboxylic acids is 1. The Morgan fingerprint density at radius 1 is 1.09 bits per heavy atom. The molecule has 10 nitrogen and oxygen atoms in total. The van der Waals surface area contributed by atoms with Gasteiger partial charge < -0.3 is 25.0 Å². The van der Waals surface area contributed by atoms with Crippen molar-refractivity contribution >= 4 is 77.4 Å². The third-order valence-corrected chi connectivity index (χ3v) is 5.14. The molecule has 1 aliphatic rings. The number of carbonyl (C=O) groups is 3. The molecule has 1 aliphatic heterocycles. The van der Waals surface area contributed by atoms with Gasteiger partial charge in [-0.15, -0.1) is 37.2 Å². The first-order chi connectivity index (χ1) is 14.8. The van der Waals surface area contributed by atoms with E-state index in [1.807, 2.05) is 4.90 Å². The lowest BCUT2D eigenvalue weighted by atomic mass is 10.1. The molecule has 1 aromatic carbocycles. The Hall–Kier alpha value is -2.37. The maximum absolute atomic E-state index is 11.9. The minimum atomic E-state index is -1.07. The Labute approximate surface area is 216 Å². The van der Waals surface area contributed by atoms with E-state index >= 15 is 0 Å². The number of amides is 2. The van der Waals surface area contributed by atoms with E-state index < -0.39 is 5.97 Å². The number of nitrogens with zero attached hydrogens (tertiary/aromatic N) is 4. The number of methoxy groups -OCH3 is 1. The Kier molecular flexibility index (Phi) is 13.1. The lowest BCUT2D eigenvalue weighted by Gasteiger charge is -2.35. The molecule has 0 aliphatic carbocycles. The molecule has 34 heavy (non-hydrogen) atoms. The number of aromatic nitrogens is 1. The van der Waals surface area contributed by atoms with Crippen LogP contribution in [0.25, 0.3) is 10.9 Å². The highest BCUT2D eigenvalue weighted by Gasteiger charge is 2.22. The summed E-state index contributed by atoms with van der Waals surface area (Å²) < 4.78 is 4.80. The third kappa shape index (κ3) is 7.85. The van der Waals surface area contributed by atoms with Crippen molar-refractivity contribution in [3.05, 3.63) is 29.8 Å². The fourth-order valence-electron chi connectivity index (χ4n) is 3.42. The van der Waals surface area contributed by atoms with Crippen molar-refractivity contribution in [2.45, 2.75) is 0 Å². The molecule has 2 N–H and O–H groups in total. The fraction of sp³-hybridized carbons (Fsp3) is 0.429. The molecule has 0 saturated carbocycles. The summed E-state index contributed by atoms with van der Waals surface area (Å²) in [7, 11) is 4.90. The minimum Gasteiger partial charge on any atom is -0.478 e. The van der Waals surface area contributed by atoms with Crippen LogP contribution in [0.4, 0.5) is 11.5 Å². The number of rotatable bonds is 7. The lowest BCUT2D eigenvalue weighted by molar-refractivity contribution is -0.130. The topological polar surface area (TPSA) is 115 Å². The summed E-state index contributed by atoms with van der Waals surface area (Å²) in [6.07, 6.45) is 0. The molecule has 2 aromatic rings. The molecule has 0 spiro atoms. The van der Waals surface area contributed by atoms with Gasteiger partial charge in [0.05, 0.1) is 17.6 Å². The molecular formula is C21H30Cl3N5O5. The average Bonchev–Trinajstić information content (AvgIpc) is 2.73. The predicted octanol–water partition coefficient (Wildman–Crippen LogP) is 1.99. The van der Waals surface area contributed by atoms with Gasteiger partial charge >= 0.3 is 5.97 Å². The van der Waals surface area contributed by atoms with Crippen molar-refractivity contribution in [1.29, 1.82) is 0 Å². The van der Waals surface area contributed by atoms with Gasteiger partial charge in [0.1, 0.15) is 12.4 Å². The zero-order valence-electron chi connectivity index (χ0n) is 19.1. The summed E-state index contributed by atoms with van der Waals surface area (Å²) in [5, 5.41) is 12.9. The van der Waals surface area contributed by atoms with Crippen LogP contribution in [0.5, 0.6) is 0 Å². The highest BCUT2D eigenvalue weighted by molar-refractivity contribution is 6.05. The Balaban J connectivity index is 0.00000363. The minimum absolute atomic E-state index is 0. The van der Waals surface area contributed by atoms with Crippen LogP contribution >= 0.6 is 37.2 Å². The van der Waals surface area contributed by atoms with Gasteiger partial charge in [0.2, 0.25) is 11.8 Å². The van der Waals surface area contributed by atoms with Gasteiger partial charge in [0, 0.05) is 58.5 Å². The first-order valence-electron chi connectivity index (χ1n) is 9.93. The molecule has 1 fully saturated rings. The Morgan fingerprint density at radius 3 is 2.29 bits per heavy atom. The van der Waals surface area contributed by atoms with E-state index in [1.165, 1.54) is 7.11 Å². The number of benzene rings is 1. The van der Waals surface area contributed by atoms with Gasteiger partial charge in [-0.05, 0) is 24.3 Å². The van der Waals surface area contributed by atoms with E-state index in [-0.39, 0.29) is 61.2 Å². The molecular weight excluding hydrogens is 509 g/mol. The summed E-state index contributed by atoms with van der Waals surface area (Å²) in [6, 6.07) is 6.54. The molecule has 2 amide bonds. The first kappa shape index (κ1) is 31.6. The number of anilines is 2. The fourth-order valence-corrected chi connectivity index (χ4v) is 3.42. The summed E-state index contributed by atoms with van der Waals surface area (Å²) in [6.45, 7) is 2.93. The van der Waals surface area contributed by atoms with Crippen molar-refractivity contribution in [1.82, 2.24) is 14.8 Å². The molecule has 0 atom stereocenters. The molecule has 0 radical (unpaired) electrons. The maximum Gasteiger partial charge on any atom is 0.336 e. The van der Waals surface area contributed by atoms with Crippen LogP contribution in [-0.2, 0) is 14.3 Å². The molecule has 2 heterocycles. The number of nitrogens with one attached hydrogen (secondary N) is 1. The number of halogens is 3. The normalized spacial score (nSPS) is 13.2. The number of ether oxygens (including phenoxy) is 1. The second kappa shape index (κ2) is 14.1. The van der Waals surface area contributed by atoms with Gasteiger partial charge in [-0.1, -0.05) is 0 Å². The highest BCUT2D eigenvalue weighted by atomic mass is 35.5. The van der Waals surface area contributed by atoms with Gasteiger partial charge in [-0.25, -0.2) is 9.78 Å². The van der Waals surface area contributed by atoms with E-state index in [2.05, 4.69) is 15.2 Å². The third-order valence-electron chi connectivity index (χ3n) is 5.14. The number of hydrogen-bond acceptors (Lipinski definition) is 7. The second-order valence-corrected chi connectivity index (χ2v) is 7.60. The summed E-state index contributed by atoms with van der Waals surface area (Å²) >= 11 is 0. The van der Waals surface area contributed by atoms with Crippen LogP contribution in [-0.4, -0.2) is 98.2 Å². The van der Waals surface area contributed by atoms with E-state index in [1.54, 1.807) is 43.3 Å². The number of carboxylic acid groups (broad SMARTS) is 1. The predicted molar refractivity (Wildman–Crippen MR) is 138 cm³/mol. The summed E-state index contributed by atoms with van der Waals surface area (Å²) in [5.41, 5.74) is 1.13. The van der Waals surface area contributed by atoms with Crippen molar-refractivity contribution in [3.63, 3.8) is 0 Å². The molecule has 1 saturated heterocycles. The van der Waals surface area contributed by atoms with Gasteiger partial charge in [-0.2, -0.15) is 0 Å². The first-order valence-corrected chi connectivity index (χ1v) is 9.93. The number of likely N-dealkylation sites (N-methyl/N-ethyl adjacent to an activating group) is 1. The zero-order valence-corrected chi connectivity index (χ0v) is 21.6. The molecule has 1 aromatic heterocycles.